The van der Waals surface area contributed by atoms with Crippen LogP contribution in [0.25, 0.3) is 0 Å². The summed E-state index contributed by atoms with van der Waals surface area (Å²) in [6.07, 6.45) is 8.42. The van der Waals surface area contributed by atoms with Gasteiger partial charge in [-0.2, -0.15) is 0 Å². The number of halogens is 1. The first-order valence-electron chi connectivity index (χ1n) is 8.59. The van der Waals surface area contributed by atoms with Gasteiger partial charge in [-0.15, -0.1) is 0 Å². The summed E-state index contributed by atoms with van der Waals surface area (Å²) >= 11 is 6.41. The predicted molar refractivity (Wildman–Crippen MR) is 97.8 cm³/mol. The molecule has 2 aromatic rings. The summed E-state index contributed by atoms with van der Waals surface area (Å²) in [6, 6.07) is 8.04. The Morgan fingerprint density at radius 2 is 1.96 bits per heavy atom. The minimum atomic E-state index is 0.361. The van der Waals surface area contributed by atoms with Gasteiger partial charge in [-0.25, -0.2) is 0 Å². The van der Waals surface area contributed by atoms with E-state index in [0.29, 0.717) is 35.5 Å². The number of hydrogen-bond acceptors (Lipinski definition) is 4. The monoisotopic (exact) mass is 359 g/mol. The molecule has 1 heterocycles. The summed E-state index contributed by atoms with van der Waals surface area (Å²) in [7, 11) is 1.52. The van der Waals surface area contributed by atoms with E-state index in [-0.39, 0.29) is 0 Å². The maximum atomic E-state index is 11.4. The number of rotatable bonds is 6. The van der Waals surface area contributed by atoms with Crippen LogP contribution < -0.4 is 9.47 Å². The van der Waals surface area contributed by atoms with E-state index in [1.54, 1.807) is 6.20 Å². The zero-order valence-corrected chi connectivity index (χ0v) is 15.0. The molecule has 0 radical (unpaired) electrons. The van der Waals surface area contributed by atoms with E-state index in [1.165, 1.54) is 31.7 Å². The molecule has 4 nitrogen and oxygen atoms in total. The number of methoxy groups -OCH3 is 1. The van der Waals surface area contributed by atoms with Gasteiger partial charge in [-0.3, -0.25) is 9.78 Å². The van der Waals surface area contributed by atoms with E-state index in [2.05, 4.69) is 11.1 Å². The SMILES string of the molecule is COc1cncc(OCC2CCCCC2c2ccccc2Cl)c1C=O. The van der Waals surface area contributed by atoms with Gasteiger partial charge in [0.15, 0.2) is 17.8 Å². The van der Waals surface area contributed by atoms with E-state index in [9.17, 15) is 4.79 Å². The summed E-state index contributed by atoms with van der Waals surface area (Å²) in [5.41, 5.74) is 1.60. The molecule has 1 aromatic heterocycles. The van der Waals surface area contributed by atoms with E-state index in [1.807, 2.05) is 18.2 Å². The van der Waals surface area contributed by atoms with Crippen molar-refractivity contribution in [2.45, 2.75) is 31.6 Å². The number of nitrogens with zero attached hydrogens (tertiary/aromatic N) is 1. The molecule has 0 saturated heterocycles. The fraction of sp³-hybridized carbons (Fsp3) is 0.400. The largest absolute Gasteiger partial charge is 0.494 e. The molecule has 0 spiro atoms. The topological polar surface area (TPSA) is 48.4 Å². The molecule has 3 rings (SSSR count). The van der Waals surface area contributed by atoms with E-state index < -0.39 is 0 Å². The molecule has 2 atom stereocenters. The number of carbonyl (C=O) groups excluding carboxylic acids is 1. The second-order valence-corrected chi connectivity index (χ2v) is 6.76. The standard InChI is InChI=1S/C20H22ClNO3/c1-24-19-10-22-11-20(17(19)12-23)25-13-14-6-2-3-7-15(14)16-8-4-5-9-18(16)21/h4-5,8-12,14-15H,2-3,6-7,13H2,1H3. The van der Waals surface area contributed by atoms with Crippen molar-refractivity contribution >= 4 is 17.9 Å². The van der Waals surface area contributed by atoms with Gasteiger partial charge in [0.05, 0.1) is 26.1 Å². The Labute approximate surface area is 153 Å². The van der Waals surface area contributed by atoms with Crippen LogP contribution in [0.5, 0.6) is 11.5 Å². The highest BCUT2D eigenvalue weighted by atomic mass is 35.5. The van der Waals surface area contributed by atoms with Crippen LogP contribution >= 0.6 is 11.6 Å². The molecule has 0 N–H and O–H groups in total. The zero-order valence-electron chi connectivity index (χ0n) is 14.3. The average molecular weight is 360 g/mol. The van der Waals surface area contributed by atoms with Crippen molar-refractivity contribution in [2.75, 3.05) is 13.7 Å². The maximum absolute atomic E-state index is 11.4. The third kappa shape index (κ3) is 3.96. The number of ether oxygens (including phenoxy) is 2. The van der Waals surface area contributed by atoms with Gasteiger partial charge in [0.25, 0.3) is 0 Å². The van der Waals surface area contributed by atoms with E-state index in [0.717, 1.165) is 24.2 Å². The van der Waals surface area contributed by atoms with Gasteiger partial charge in [0.2, 0.25) is 0 Å². The van der Waals surface area contributed by atoms with Gasteiger partial charge in [0.1, 0.15) is 5.56 Å². The van der Waals surface area contributed by atoms with Crippen LogP contribution in [-0.4, -0.2) is 25.0 Å². The molecule has 5 heteroatoms. The Morgan fingerprint density at radius 3 is 2.72 bits per heavy atom. The molecule has 1 fully saturated rings. The van der Waals surface area contributed by atoms with Crippen molar-refractivity contribution in [3.05, 3.63) is 52.8 Å². The minimum absolute atomic E-state index is 0.361. The van der Waals surface area contributed by atoms with Gasteiger partial charge >= 0.3 is 0 Å². The lowest BCUT2D eigenvalue weighted by molar-refractivity contribution is 0.111. The second kappa shape index (κ2) is 8.34. The molecule has 0 bridgehead atoms. The molecule has 0 aliphatic heterocycles. The highest BCUT2D eigenvalue weighted by Crippen LogP contribution is 2.41. The predicted octanol–water partition coefficient (Wildman–Crippen LogP) is 4.91. The number of aromatic nitrogens is 1. The molecule has 1 saturated carbocycles. The van der Waals surface area contributed by atoms with Crippen LogP contribution in [0.3, 0.4) is 0 Å². The summed E-state index contributed by atoms with van der Waals surface area (Å²) in [6.45, 7) is 0.533. The third-order valence-electron chi connectivity index (χ3n) is 4.92. The molecule has 25 heavy (non-hydrogen) atoms. The Balaban J connectivity index is 1.77. The fourth-order valence-corrected chi connectivity index (χ4v) is 3.89. The normalized spacial score (nSPS) is 20.1. The lowest BCUT2D eigenvalue weighted by atomic mass is 9.76. The van der Waals surface area contributed by atoms with Crippen LogP contribution in [0.1, 0.15) is 47.5 Å². The smallest absolute Gasteiger partial charge is 0.157 e. The summed E-state index contributed by atoms with van der Waals surface area (Å²) < 4.78 is 11.2. The molecule has 1 aliphatic rings. The van der Waals surface area contributed by atoms with Crippen LogP contribution in [0.4, 0.5) is 0 Å². The molecule has 1 aliphatic carbocycles. The van der Waals surface area contributed by atoms with Gasteiger partial charge in [0, 0.05) is 5.02 Å². The Hall–Kier alpha value is -2.07. The lowest BCUT2D eigenvalue weighted by Gasteiger charge is -2.32. The van der Waals surface area contributed by atoms with Crippen LogP contribution in [-0.2, 0) is 0 Å². The highest BCUT2D eigenvalue weighted by molar-refractivity contribution is 6.31. The maximum Gasteiger partial charge on any atom is 0.157 e. The molecular weight excluding hydrogens is 338 g/mol. The van der Waals surface area contributed by atoms with Gasteiger partial charge in [-0.05, 0) is 36.3 Å². The number of pyridine rings is 1. The van der Waals surface area contributed by atoms with Crippen molar-refractivity contribution in [3.63, 3.8) is 0 Å². The number of carbonyl (C=O) groups is 1. The summed E-state index contributed by atoms with van der Waals surface area (Å²) in [5.74, 6) is 1.64. The molecule has 132 valence electrons. The van der Waals surface area contributed by atoms with Crippen molar-refractivity contribution in [1.29, 1.82) is 0 Å². The Morgan fingerprint density at radius 1 is 1.20 bits per heavy atom. The molecule has 0 amide bonds. The van der Waals surface area contributed by atoms with Gasteiger partial charge in [-0.1, -0.05) is 42.6 Å². The zero-order chi connectivity index (χ0) is 17.6. The van der Waals surface area contributed by atoms with Crippen LogP contribution in [0, 0.1) is 5.92 Å². The van der Waals surface area contributed by atoms with Crippen molar-refractivity contribution < 1.29 is 14.3 Å². The Bertz CT molecular complexity index is 735. The molecular formula is C20H22ClNO3. The first-order chi connectivity index (χ1) is 12.2. The van der Waals surface area contributed by atoms with Crippen molar-refractivity contribution in [2.24, 2.45) is 5.92 Å². The third-order valence-corrected chi connectivity index (χ3v) is 5.26. The average Bonchev–Trinajstić information content (AvgIpc) is 2.66. The summed E-state index contributed by atoms with van der Waals surface area (Å²) in [4.78, 5) is 15.5. The van der Waals surface area contributed by atoms with Crippen LogP contribution in [0.15, 0.2) is 36.7 Å². The molecule has 2 unspecified atom stereocenters. The Kier molecular flexibility index (Phi) is 5.92. The first kappa shape index (κ1) is 17.7. The number of hydrogen-bond donors (Lipinski definition) is 0. The van der Waals surface area contributed by atoms with Gasteiger partial charge < -0.3 is 9.47 Å². The highest BCUT2D eigenvalue weighted by Gasteiger charge is 2.28. The van der Waals surface area contributed by atoms with Crippen molar-refractivity contribution in [3.8, 4) is 11.5 Å². The quantitative estimate of drug-likeness (QED) is 0.687. The lowest BCUT2D eigenvalue weighted by Crippen LogP contribution is -2.24. The minimum Gasteiger partial charge on any atom is -0.494 e. The first-order valence-corrected chi connectivity index (χ1v) is 8.96. The molecule has 1 aromatic carbocycles. The number of aldehydes is 1. The summed E-state index contributed by atoms with van der Waals surface area (Å²) in [5, 5.41) is 0.816. The van der Waals surface area contributed by atoms with Crippen LogP contribution in [0.2, 0.25) is 5.02 Å². The fourth-order valence-electron chi connectivity index (χ4n) is 3.62. The van der Waals surface area contributed by atoms with E-state index >= 15 is 0 Å². The number of benzene rings is 1. The van der Waals surface area contributed by atoms with E-state index in [4.69, 9.17) is 21.1 Å². The second-order valence-electron chi connectivity index (χ2n) is 6.35. The van der Waals surface area contributed by atoms with Crippen molar-refractivity contribution in [1.82, 2.24) is 4.98 Å².